The van der Waals surface area contributed by atoms with E-state index in [4.69, 9.17) is 4.52 Å². The summed E-state index contributed by atoms with van der Waals surface area (Å²) in [6.07, 6.45) is 0.811. The van der Waals surface area contributed by atoms with Gasteiger partial charge in [0.05, 0.1) is 22.7 Å². The Morgan fingerprint density at radius 3 is 2.66 bits per heavy atom. The fraction of sp³-hybridized carbons (Fsp3) is 0.250. The lowest BCUT2D eigenvalue weighted by Gasteiger charge is -2.26. The van der Waals surface area contributed by atoms with Crippen molar-refractivity contribution < 1.29 is 28.2 Å². The van der Waals surface area contributed by atoms with Gasteiger partial charge in [-0.2, -0.15) is 0 Å². The summed E-state index contributed by atoms with van der Waals surface area (Å²) in [4.78, 5) is 51.3. The molecule has 1 aromatic heterocycles. The van der Waals surface area contributed by atoms with Gasteiger partial charge in [0.15, 0.2) is 5.76 Å². The van der Waals surface area contributed by atoms with E-state index in [0.29, 0.717) is 24.3 Å². The van der Waals surface area contributed by atoms with Crippen LogP contribution in [-0.2, 0) is 17.8 Å². The van der Waals surface area contributed by atoms with E-state index >= 15 is 0 Å². The SMILES string of the molecule is O=C(CCCN1C(=O)c2cccc([N+](=O)[O-])c2C1=O)N1CCc2noc(-c3ccc(F)cc3)c2C1. The maximum Gasteiger partial charge on any atom is 0.282 e. The average Bonchev–Trinajstić information content (AvgIpc) is 3.38. The van der Waals surface area contributed by atoms with Crippen molar-refractivity contribution in [2.45, 2.75) is 25.8 Å². The molecule has 10 nitrogen and oxygen atoms in total. The molecular formula is C24H19FN4O6. The number of carbonyl (C=O) groups is 3. The van der Waals surface area contributed by atoms with Crippen molar-refractivity contribution in [3.63, 3.8) is 0 Å². The minimum absolute atomic E-state index is 0.000123. The van der Waals surface area contributed by atoms with Gasteiger partial charge in [0, 0.05) is 43.1 Å². The van der Waals surface area contributed by atoms with E-state index in [1.165, 1.54) is 30.3 Å². The van der Waals surface area contributed by atoms with Gasteiger partial charge in [-0.3, -0.25) is 29.4 Å². The summed E-state index contributed by atoms with van der Waals surface area (Å²) in [5.41, 5.74) is 1.56. The fourth-order valence-corrected chi connectivity index (χ4v) is 4.47. The molecule has 2 aliphatic rings. The Balaban J connectivity index is 1.22. The first-order valence-corrected chi connectivity index (χ1v) is 11.0. The van der Waals surface area contributed by atoms with Crippen molar-refractivity contribution in [1.29, 1.82) is 0 Å². The molecule has 0 saturated carbocycles. The summed E-state index contributed by atoms with van der Waals surface area (Å²) in [7, 11) is 0. The van der Waals surface area contributed by atoms with Crippen LogP contribution < -0.4 is 0 Å². The first-order chi connectivity index (χ1) is 16.8. The summed E-state index contributed by atoms with van der Waals surface area (Å²) in [6.45, 7) is 0.701. The zero-order chi connectivity index (χ0) is 24.7. The number of nitro groups is 1. The lowest BCUT2D eigenvalue weighted by atomic mass is 10.0. The van der Waals surface area contributed by atoms with Crippen molar-refractivity contribution in [2.75, 3.05) is 13.1 Å². The zero-order valence-electron chi connectivity index (χ0n) is 18.4. The number of rotatable bonds is 6. The number of aromatic nitrogens is 1. The molecular weight excluding hydrogens is 459 g/mol. The molecule has 0 N–H and O–H groups in total. The van der Waals surface area contributed by atoms with E-state index in [-0.39, 0.29) is 48.8 Å². The molecule has 0 bridgehead atoms. The van der Waals surface area contributed by atoms with Gasteiger partial charge in [0.1, 0.15) is 11.4 Å². The van der Waals surface area contributed by atoms with E-state index in [1.807, 2.05) is 0 Å². The van der Waals surface area contributed by atoms with Gasteiger partial charge in [0.2, 0.25) is 5.91 Å². The number of benzene rings is 2. The molecule has 0 unspecified atom stereocenters. The monoisotopic (exact) mass is 478 g/mol. The third kappa shape index (κ3) is 3.94. The molecule has 35 heavy (non-hydrogen) atoms. The maximum absolute atomic E-state index is 13.3. The topological polar surface area (TPSA) is 127 Å². The highest BCUT2D eigenvalue weighted by Crippen LogP contribution is 2.32. The van der Waals surface area contributed by atoms with Crippen LogP contribution in [0.4, 0.5) is 10.1 Å². The minimum atomic E-state index is -0.722. The molecule has 0 radical (unpaired) electrons. The van der Waals surface area contributed by atoms with Crippen molar-refractivity contribution >= 4 is 23.4 Å². The van der Waals surface area contributed by atoms with Gasteiger partial charge >= 0.3 is 0 Å². The van der Waals surface area contributed by atoms with Gasteiger partial charge in [-0.25, -0.2) is 4.39 Å². The number of fused-ring (bicyclic) bond motifs is 2. The molecule has 3 heterocycles. The Morgan fingerprint density at radius 2 is 1.91 bits per heavy atom. The highest BCUT2D eigenvalue weighted by molar-refractivity contribution is 6.23. The van der Waals surface area contributed by atoms with Gasteiger partial charge < -0.3 is 9.42 Å². The van der Waals surface area contributed by atoms with E-state index in [1.54, 1.807) is 17.0 Å². The van der Waals surface area contributed by atoms with Crippen LogP contribution in [0.2, 0.25) is 0 Å². The van der Waals surface area contributed by atoms with Gasteiger partial charge in [-0.1, -0.05) is 11.2 Å². The summed E-state index contributed by atoms with van der Waals surface area (Å²) in [6, 6.07) is 9.76. The summed E-state index contributed by atoms with van der Waals surface area (Å²) in [5, 5.41) is 15.3. The lowest BCUT2D eigenvalue weighted by Crippen LogP contribution is -2.37. The summed E-state index contributed by atoms with van der Waals surface area (Å²) >= 11 is 0. The van der Waals surface area contributed by atoms with Crippen LogP contribution >= 0.6 is 0 Å². The normalized spacial score (nSPS) is 14.8. The van der Waals surface area contributed by atoms with Crippen LogP contribution in [0, 0.1) is 15.9 Å². The first-order valence-electron chi connectivity index (χ1n) is 11.0. The fourth-order valence-electron chi connectivity index (χ4n) is 4.47. The van der Waals surface area contributed by atoms with E-state index in [9.17, 15) is 28.9 Å². The zero-order valence-corrected chi connectivity index (χ0v) is 18.4. The molecule has 3 aromatic rings. The highest BCUT2D eigenvalue weighted by Gasteiger charge is 2.40. The third-order valence-corrected chi connectivity index (χ3v) is 6.24. The Labute approximate surface area is 198 Å². The molecule has 0 saturated heterocycles. The molecule has 0 atom stereocenters. The van der Waals surface area contributed by atoms with Crippen molar-refractivity contribution in [3.8, 4) is 11.3 Å². The number of imide groups is 1. The minimum Gasteiger partial charge on any atom is -0.356 e. The molecule has 3 amide bonds. The van der Waals surface area contributed by atoms with E-state index in [0.717, 1.165) is 16.2 Å². The summed E-state index contributed by atoms with van der Waals surface area (Å²) in [5.74, 6) is -1.36. The van der Waals surface area contributed by atoms with Crippen LogP contribution in [-0.4, -0.2) is 50.7 Å². The highest BCUT2D eigenvalue weighted by atomic mass is 19.1. The molecule has 0 aliphatic carbocycles. The maximum atomic E-state index is 13.3. The number of nitrogens with zero attached hydrogens (tertiary/aromatic N) is 4. The smallest absolute Gasteiger partial charge is 0.282 e. The first kappa shape index (κ1) is 22.4. The average molecular weight is 478 g/mol. The predicted octanol–water partition coefficient (Wildman–Crippen LogP) is 3.35. The Morgan fingerprint density at radius 1 is 1.14 bits per heavy atom. The van der Waals surface area contributed by atoms with Crippen molar-refractivity contribution in [1.82, 2.24) is 15.0 Å². The Bertz CT molecular complexity index is 1370. The second-order valence-electron chi connectivity index (χ2n) is 8.33. The van der Waals surface area contributed by atoms with Gasteiger partial charge in [-0.15, -0.1) is 0 Å². The van der Waals surface area contributed by atoms with E-state index in [2.05, 4.69) is 5.16 Å². The number of amides is 3. The largest absolute Gasteiger partial charge is 0.356 e. The molecule has 2 aliphatic heterocycles. The van der Waals surface area contributed by atoms with Crippen molar-refractivity contribution in [2.24, 2.45) is 0 Å². The Hall–Kier alpha value is -4.41. The number of carbonyl (C=O) groups excluding carboxylic acids is 3. The molecule has 2 aromatic carbocycles. The number of nitro benzene ring substituents is 1. The number of hydrogen-bond donors (Lipinski definition) is 0. The van der Waals surface area contributed by atoms with Crippen LogP contribution in [0.25, 0.3) is 11.3 Å². The second kappa shape index (κ2) is 8.75. The Kier molecular flexibility index (Phi) is 5.59. The van der Waals surface area contributed by atoms with Crippen LogP contribution in [0.15, 0.2) is 47.0 Å². The molecule has 5 rings (SSSR count). The molecule has 0 fully saturated rings. The second-order valence-corrected chi connectivity index (χ2v) is 8.33. The van der Waals surface area contributed by atoms with Crippen molar-refractivity contribution in [3.05, 3.63) is 80.8 Å². The van der Waals surface area contributed by atoms with Crippen LogP contribution in [0.5, 0.6) is 0 Å². The third-order valence-electron chi connectivity index (χ3n) is 6.24. The number of halogens is 1. The van der Waals surface area contributed by atoms with Crippen LogP contribution in [0.1, 0.15) is 44.8 Å². The molecule has 178 valence electrons. The quantitative estimate of drug-likeness (QED) is 0.302. The molecule has 0 spiro atoms. The standard InChI is InChI=1S/C24H19FN4O6/c25-15-8-6-14(7-9-15)22-17-13-27(12-10-18(17)26-35-22)20(30)5-2-11-28-23(31)16-3-1-4-19(29(33)34)21(16)24(28)32/h1,3-4,6-9H,2,5,10-13H2. The van der Waals surface area contributed by atoms with Gasteiger partial charge in [-0.05, 0) is 36.8 Å². The van der Waals surface area contributed by atoms with E-state index < -0.39 is 22.4 Å². The molecule has 11 heteroatoms. The van der Waals surface area contributed by atoms with Crippen LogP contribution in [0.3, 0.4) is 0 Å². The predicted molar refractivity (Wildman–Crippen MR) is 119 cm³/mol. The summed E-state index contributed by atoms with van der Waals surface area (Å²) < 4.78 is 18.7. The number of hydrogen-bond acceptors (Lipinski definition) is 7. The van der Waals surface area contributed by atoms with Gasteiger partial charge in [0.25, 0.3) is 17.5 Å². The lowest BCUT2D eigenvalue weighted by molar-refractivity contribution is -0.385.